The number of amides is 2. The molecule has 2 rings (SSSR count). The van der Waals surface area contributed by atoms with Gasteiger partial charge in [-0.2, -0.15) is 5.26 Å². The van der Waals surface area contributed by atoms with E-state index in [1.807, 2.05) is 44.2 Å². The second kappa shape index (κ2) is 17.4. The molecule has 1 aromatic rings. The summed E-state index contributed by atoms with van der Waals surface area (Å²) in [5.74, 6) is -2.30. The highest BCUT2D eigenvalue weighted by Gasteiger charge is 2.38. The molecule has 0 saturated carbocycles. The molecule has 3 N–H and O–H groups in total. The van der Waals surface area contributed by atoms with E-state index < -0.39 is 25.1 Å². The Hall–Kier alpha value is -2.91. The summed E-state index contributed by atoms with van der Waals surface area (Å²) in [6, 6.07) is 11.1. The molecule has 0 radical (unpaired) electrons. The lowest BCUT2D eigenvalue weighted by Gasteiger charge is -2.45. The van der Waals surface area contributed by atoms with Crippen LogP contribution in [0.3, 0.4) is 0 Å². The Bertz CT molecular complexity index is 1070. The molecule has 0 aromatic heterocycles. The molecular formula is C32H51BN4O6. The average Bonchev–Trinajstić information content (AvgIpc) is 2.97. The molecule has 11 heteroatoms. The minimum absolute atomic E-state index is 0.0677. The first-order valence-electron chi connectivity index (χ1n) is 15.4. The lowest BCUT2D eigenvalue weighted by atomic mass is 9.76. The Morgan fingerprint density at radius 3 is 2.56 bits per heavy atom. The summed E-state index contributed by atoms with van der Waals surface area (Å²) in [6.07, 6.45) is 2.61. The maximum absolute atomic E-state index is 13.8. The standard InChI is InChI=1S/C32H51BN4O6/c1-8-27(9-2)37(16-18-43-31(39)35-29(33(40)41)19-26-13-11-10-12-14-26)30(38)28(21-34)25(5)23(3)20-32(6,7)36-15-17-42-24(4)22-36/h8,10-14,23-25,27-29,40-41H,1,9,15-20,22H2,2-7H3,(H,35,39). The Morgan fingerprint density at radius 2 is 2.00 bits per heavy atom. The predicted octanol–water partition coefficient (Wildman–Crippen LogP) is 3.43. The van der Waals surface area contributed by atoms with Crippen molar-refractivity contribution in [1.82, 2.24) is 15.1 Å². The second-order valence-electron chi connectivity index (χ2n) is 12.3. The number of nitrogens with one attached hydrogen (secondary N) is 1. The second-order valence-corrected chi connectivity index (χ2v) is 12.3. The Balaban J connectivity index is 2.04. The van der Waals surface area contributed by atoms with Crippen LogP contribution in [0.1, 0.15) is 59.9 Å². The number of benzene rings is 1. The normalized spacial score (nSPS) is 19.2. The highest BCUT2D eigenvalue weighted by Crippen LogP contribution is 2.33. The van der Waals surface area contributed by atoms with Crippen LogP contribution in [0.25, 0.3) is 0 Å². The molecule has 43 heavy (non-hydrogen) atoms. The number of rotatable bonds is 16. The first kappa shape index (κ1) is 36.3. The molecule has 0 bridgehead atoms. The lowest BCUT2D eigenvalue weighted by Crippen LogP contribution is -2.53. The molecule has 238 valence electrons. The van der Waals surface area contributed by atoms with Gasteiger partial charge >= 0.3 is 13.2 Å². The van der Waals surface area contributed by atoms with Crippen LogP contribution >= 0.6 is 0 Å². The van der Waals surface area contributed by atoms with Crippen molar-refractivity contribution in [2.75, 3.05) is 32.8 Å². The van der Waals surface area contributed by atoms with Crippen LogP contribution in [-0.2, 0) is 20.7 Å². The molecule has 1 aromatic carbocycles. The number of alkyl carbamates (subject to hydrolysis) is 1. The van der Waals surface area contributed by atoms with Gasteiger partial charge in [-0.25, -0.2) is 4.79 Å². The minimum Gasteiger partial charge on any atom is -0.448 e. The largest absolute Gasteiger partial charge is 0.475 e. The number of carbonyl (C=O) groups excluding carboxylic acids is 2. The highest BCUT2D eigenvalue weighted by atomic mass is 16.5. The third-order valence-electron chi connectivity index (χ3n) is 8.65. The zero-order valence-electron chi connectivity index (χ0n) is 26.7. The first-order valence-corrected chi connectivity index (χ1v) is 15.4. The number of hydrogen-bond acceptors (Lipinski definition) is 8. The summed E-state index contributed by atoms with van der Waals surface area (Å²) >= 11 is 0. The van der Waals surface area contributed by atoms with Gasteiger partial charge in [0.05, 0.1) is 31.3 Å². The lowest BCUT2D eigenvalue weighted by molar-refractivity contribution is -0.138. The van der Waals surface area contributed by atoms with E-state index in [9.17, 15) is 24.9 Å². The topological polar surface area (TPSA) is 135 Å². The van der Waals surface area contributed by atoms with Crippen LogP contribution < -0.4 is 5.32 Å². The maximum atomic E-state index is 13.8. The molecule has 0 aliphatic carbocycles. The molecule has 6 unspecified atom stereocenters. The van der Waals surface area contributed by atoms with Crippen LogP contribution in [0.2, 0.25) is 0 Å². The van der Waals surface area contributed by atoms with Gasteiger partial charge in [0.2, 0.25) is 5.91 Å². The Labute approximate surface area is 258 Å². The summed E-state index contributed by atoms with van der Waals surface area (Å²) in [5.41, 5.74) is 0.701. The molecule has 2 amide bonds. The third-order valence-corrected chi connectivity index (χ3v) is 8.65. The number of nitriles is 1. The summed E-state index contributed by atoms with van der Waals surface area (Å²) < 4.78 is 11.1. The van der Waals surface area contributed by atoms with Gasteiger partial charge in [-0.05, 0) is 57.4 Å². The van der Waals surface area contributed by atoms with Crippen LogP contribution in [0.5, 0.6) is 0 Å². The minimum atomic E-state index is -1.78. The van der Waals surface area contributed by atoms with Crippen molar-refractivity contribution < 1.29 is 29.1 Å². The van der Waals surface area contributed by atoms with Gasteiger partial charge in [0.1, 0.15) is 12.5 Å². The predicted molar refractivity (Wildman–Crippen MR) is 168 cm³/mol. The molecule has 1 aliphatic heterocycles. The van der Waals surface area contributed by atoms with Gasteiger partial charge in [0, 0.05) is 24.7 Å². The van der Waals surface area contributed by atoms with Crippen molar-refractivity contribution in [3.63, 3.8) is 0 Å². The van der Waals surface area contributed by atoms with E-state index in [2.05, 4.69) is 50.6 Å². The number of ether oxygens (including phenoxy) is 2. The van der Waals surface area contributed by atoms with Crippen LogP contribution in [0.4, 0.5) is 4.79 Å². The van der Waals surface area contributed by atoms with Crippen molar-refractivity contribution in [3.05, 3.63) is 48.6 Å². The van der Waals surface area contributed by atoms with Gasteiger partial charge in [-0.15, -0.1) is 6.58 Å². The summed E-state index contributed by atoms with van der Waals surface area (Å²) in [4.78, 5) is 30.4. The molecule has 10 nitrogen and oxygen atoms in total. The molecule has 0 spiro atoms. The number of nitrogens with zero attached hydrogens (tertiary/aromatic N) is 3. The van der Waals surface area contributed by atoms with Gasteiger partial charge in [0.15, 0.2) is 0 Å². The van der Waals surface area contributed by atoms with E-state index in [0.717, 1.165) is 25.1 Å². The smallest absolute Gasteiger partial charge is 0.448 e. The summed E-state index contributed by atoms with van der Waals surface area (Å²) in [7, 11) is -1.78. The van der Waals surface area contributed by atoms with Crippen molar-refractivity contribution in [2.45, 2.75) is 84.4 Å². The van der Waals surface area contributed by atoms with Crippen molar-refractivity contribution >= 4 is 19.1 Å². The van der Waals surface area contributed by atoms with Gasteiger partial charge in [-0.1, -0.05) is 57.2 Å². The van der Waals surface area contributed by atoms with Crippen molar-refractivity contribution in [1.29, 1.82) is 5.26 Å². The number of morpholine rings is 1. The first-order chi connectivity index (χ1) is 20.3. The third kappa shape index (κ3) is 10.9. The Morgan fingerprint density at radius 1 is 1.33 bits per heavy atom. The van der Waals surface area contributed by atoms with Gasteiger partial charge < -0.3 is 29.7 Å². The highest BCUT2D eigenvalue weighted by molar-refractivity contribution is 6.43. The SMILES string of the molecule is C=CC(CC)N(CCOC(=O)NC(Cc1ccccc1)B(O)O)C(=O)C(C#N)C(C)C(C)CC(C)(C)N1CCOC(C)C1. The quantitative estimate of drug-likeness (QED) is 0.195. The number of carbonyl (C=O) groups is 2. The van der Waals surface area contributed by atoms with Crippen LogP contribution in [-0.4, -0.2) is 95.4 Å². The summed E-state index contributed by atoms with van der Waals surface area (Å²) in [5, 5.41) is 32.2. The van der Waals surface area contributed by atoms with E-state index in [0.29, 0.717) is 13.0 Å². The monoisotopic (exact) mass is 598 g/mol. The van der Waals surface area contributed by atoms with Gasteiger partial charge in [-0.3, -0.25) is 9.69 Å². The van der Waals surface area contributed by atoms with Gasteiger partial charge in [0.25, 0.3) is 0 Å². The van der Waals surface area contributed by atoms with Crippen LogP contribution in [0.15, 0.2) is 43.0 Å². The molecule has 1 saturated heterocycles. The fraction of sp³-hybridized carbons (Fsp3) is 0.656. The molecule has 1 heterocycles. The fourth-order valence-corrected chi connectivity index (χ4v) is 5.86. The van der Waals surface area contributed by atoms with E-state index in [4.69, 9.17) is 9.47 Å². The van der Waals surface area contributed by atoms with E-state index in [1.165, 1.54) is 0 Å². The van der Waals surface area contributed by atoms with Crippen molar-refractivity contribution in [3.8, 4) is 6.07 Å². The van der Waals surface area contributed by atoms with E-state index in [1.54, 1.807) is 11.0 Å². The molecular weight excluding hydrogens is 547 g/mol. The number of hydrogen-bond donors (Lipinski definition) is 3. The fourth-order valence-electron chi connectivity index (χ4n) is 5.86. The van der Waals surface area contributed by atoms with E-state index >= 15 is 0 Å². The summed E-state index contributed by atoms with van der Waals surface area (Å²) in [6.45, 7) is 18.7. The molecule has 6 atom stereocenters. The maximum Gasteiger partial charge on any atom is 0.475 e. The average molecular weight is 599 g/mol. The van der Waals surface area contributed by atoms with Crippen LogP contribution in [0, 0.1) is 29.1 Å². The molecule has 1 fully saturated rings. The van der Waals surface area contributed by atoms with E-state index in [-0.39, 0.29) is 55.0 Å². The van der Waals surface area contributed by atoms with Crippen molar-refractivity contribution in [2.24, 2.45) is 17.8 Å². The Kier molecular flexibility index (Phi) is 14.7. The zero-order chi connectivity index (χ0) is 32.2. The molecule has 1 aliphatic rings. The zero-order valence-corrected chi connectivity index (χ0v) is 26.7.